The van der Waals surface area contributed by atoms with Gasteiger partial charge in [0.2, 0.25) is 11.8 Å². The molecule has 7 nitrogen and oxygen atoms in total. The Morgan fingerprint density at radius 3 is 2.20 bits per heavy atom. The first-order valence-electron chi connectivity index (χ1n) is 10.9. The van der Waals surface area contributed by atoms with Crippen molar-refractivity contribution in [3.05, 3.63) is 35.4 Å². The van der Waals surface area contributed by atoms with Crippen LogP contribution in [-0.2, 0) is 20.9 Å². The van der Waals surface area contributed by atoms with Crippen LogP contribution in [0.3, 0.4) is 0 Å². The number of carbonyl (C=O) groups excluding carboxylic acids is 3. The van der Waals surface area contributed by atoms with Crippen LogP contribution in [0.4, 0.5) is 0 Å². The van der Waals surface area contributed by atoms with Gasteiger partial charge < -0.3 is 19.9 Å². The minimum Gasteiger partial charge on any atom is -0.372 e. The Labute approximate surface area is 179 Å². The molecule has 0 spiro atoms. The third kappa shape index (κ3) is 7.13. The molecule has 1 aromatic carbocycles. The van der Waals surface area contributed by atoms with E-state index in [2.05, 4.69) is 5.32 Å². The standard InChI is InChI=1S/C23H35N3O4/c1-5-25(6-2)22(28)9-7-8-21(27)24-14-19-10-12-20(13-11-19)23(29)26-15-17(3)30-18(4)16-26/h10-13,17-18H,5-9,14-16H2,1-4H3,(H,24,27). The number of ether oxygens (including phenoxy) is 1. The normalized spacial score (nSPS) is 18.7. The molecule has 0 aliphatic carbocycles. The van der Waals surface area contributed by atoms with Crippen molar-refractivity contribution in [3.63, 3.8) is 0 Å². The average Bonchev–Trinajstić information content (AvgIpc) is 2.72. The van der Waals surface area contributed by atoms with Gasteiger partial charge in [0, 0.05) is 51.1 Å². The lowest BCUT2D eigenvalue weighted by Gasteiger charge is -2.35. The molecule has 1 N–H and O–H groups in total. The molecule has 1 aromatic rings. The second-order valence-corrected chi connectivity index (χ2v) is 7.86. The lowest BCUT2D eigenvalue weighted by atomic mass is 10.1. The molecule has 0 saturated carbocycles. The van der Waals surface area contributed by atoms with Crippen LogP contribution in [0.15, 0.2) is 24.3 Å². The summed E-state index contributed by atoms with van der Waals surface area (Å²) in [6, 6.07) is 7.34. The second kappa shape index (κ2) is 11.7. The maximum absolute atomic E-state index is 12.7. The van der Waals surface area contributed by atoms with Crippen LogP contribution in [0.1, 0.15) is 62.9 Å². The molecule has 1 aliphatic rings. The SMILES string of the molecule is CCN(CC)C(=O)CCCC(=O)NCc1ccc(C(=O)N2CC(C)OC(C)C2)cc1. The van der Waals surface area contributed by atoms with Crippen molar-refractivity contribution in [2.24, 2.45) is 0 Å². The first-order valence-corrected chi connectivity index (χ1v) is 10.9. The third-order valence-electron chi connectivity index (χ3n) is 5.31. The van der Waals surface area contributed by atoms with Crippen LogP contribution in [0, 0.1) is 0 Å². The summed E-state index contributed by atoms with van der Waals surface area (Å²) >= 11 is 0. The molecular weight excluding hydrogens is 382 g/mol. The molecule has 166 valence electrons. The summed E-state index contributed by atoms with van der Waals surface area (Å²) in [5, 5.41) is 2.88. The first-order chi connectivity index (χ1) is 14.3. The summed E-state index contributed by atoms with van der Waals surface area (Å²) in [5.74, 6) is 0.0290. The van der Waals surface area contributed by atoms with Crippen LogP contribution < -0.4 is 5.32 Å². The largest absolute Gasteiger partial charge is 0.372 e. The fourth-order valence-electron chi connectivity index (χ4n) is 3.72. The zero-order valence-corrected chi connectivity index (χ0v) is 18.6. The van der Waals surface area contributed by atoms with E-state index in [4.69, 9.17) is 4.74 Å². The Balaban J connectivity index is 1.75. The summed E-state index contributed by atoms with van der Waals surface area (Å²) in [6.07, 6.45) is 1.34. The van der Waals surface area contributed by atoms with Crippen molar-refractivity contribution in [2.45, 2.75) is 65.7 Å². The molecular formula is C23H35N3O4. The highest BCUT2D eigenvalue weighted by Gasteiger charge is 2.26. The van der Waals surface area contributed by atoms with Crippen molar-refractivity contribution < 1.29 is 19.1 Å². The van der Waals surface area contributed by atoms with Crippen molar-refractivity contribution in [2.75, 3.05) is 26.2 Å². The van der Waals surface area contributed by atoms with Crippen LogP contribution in [-0.4, -0.2) is 65.9 Å². The molecule has 1 saturated heterocycles. The van der Waals surface area contributed by atoms with E-state index in [9.17, 15) is 14.4 Å². The maximum atomic E-state index is 12.7. The van der Waals surface area contributed by atoms with E-state index in [0.717, 1.165) is 5.56 Å². The maximum Gasteiger partial charge on any atom is 0.254 e. The summed E-state index contributed by atoms with van der Waals surface area (Å²) in [5.41, 5.74) is 1.57. The summed E-state index contributed by atoms with van der Waals surface area (Å²) in [4.78, 5) is 40.3. The molecule has 0 bridgehead atoms. The monoisotopic (exact) mass is 417 g/mol. The molecule has 30 heavy (non-hydrogen) atoms. The van der Waals surface area contributed by atoms with Gasteiger partial charge in [0.15, 0.2) is 0 Å². The van der Waals surface area contributed by atoms with E-state index < -0.39 is 0 Å². The molecule has 2 rings (SSSR count). The van der Waals surface area contributed by atoms with Gasteiger partial charge in [0.1, 0.15) is 0 Å². The van der Waals surface area contributed by atoms with E-state index in [-0.39, 0.29) is 29.9 Å². The van der Waals surface area contributed by atoms with Gasteiger partial charge in [0.05, 0.1) is 12.2 Å². The van der Waals surface area contributed by atoms with E-state index in [1.807, 2.05) is 44.7 Å². The predicted molar refractivity (Wildman–Crippen MR) is 116 cm³/mol. The van der Waals surface area contributed by atoms with Crippen LogP contribution in [0.25, 0.3) is 0 Å². The second-order valence-electron chi connectivity index (χ2n) is 7.86. The Bertz CT molecular complexity index is 706. The molecule has 1 fully saturated rings. The zero-order chi connectivity index (χ0) is 22.1. The van der Waals surface area contributed by atoms with Crippen molar-refractivity contribution in [1.29, 1.82) is 0 Å². The molecule has 0 aromatic heterocycles. The number of benzene rings is 1. The van der Waals surface area contributed by atoms with Crippen molar-refractivity contribution in [3.8, 4) is 0 Å². The Hall–Kier alpha value is -2.41. The topological polar surface area (TPSA) is 79.0 Å². The van der Waals surface area contributed by atoms with Crippen molar-refractivity contribution in [1.82, 2.24) is 15.1 Å². The molecule has 2 atom stereocenters. The molecule has 3 amide bonds. The van der Waals surface area contributed by atoms with Gasteiger partial charge in [0.25, 0.3) is 5.91 Å². The lowest BCUT2D eigenvalue weighted by Crippen LogP contribution is -2.48. The van der Waals surface area contributed by atoms with Crippen LogP contribution in [0.2, 0.25) is 0 Å². The highest BCUT2D eigenvalue weighted by Crippen LogP contribution is 2.15. The number of morpholine rings is 1. The predicted octanol–water partition coefficient (Wildman–Crippen LogP) is 2.59. The molecule has 1 aliphatic heterocycles. The van der Waals surface area contributed by atoms with Gasteiger partial charge in [-0.25, -0.2) is 0 Å². The highest BCUT2D eigenvalue weighted by atomic mass is 16.5. The Morgan fingerprint density at radius 2 is 1.63 bits per heavy atom. The fourth-order valence-corrected chi connectivity index (χ4v) is 3.72. The summed E-state index contributed by atoms with van der Waals surface area (Å²) in [6.45, 7) is 10.8. The number of nitrogens with one attached hydrogen (secondary N) is 1. The lowest BCUT2D eigenvalue weighted by molar-refractivity contribution is -0.131. The minimum absolute atomic E-state index is 0.00505. The van der Waals surface area contributed by atoms with Gasteiger partial charge in [-0.15, -0.1) is 0 Å². The van der Waals surface area contributed by atoms with Gasteiger partial charge in [-0.2, -0.15) is 0 Å². The molecule has 7 heteroatoms. The molecule has 2 unspecified atom stereocenters. The number of carbonyl (C=O) groups is 3. The van der Waals surface area contributed by atoms with Crippen molar-refractivity contribution >= 4 is 17.7 Å². The molecule has 0 radical (unpaired) electrons. The quantitative estimate of drug-likeness (QED) is 0.670. The van der Waals surface area contributed by atoms with Gasteiger partial charge >= 0.3 is 0 Å². The number of nitrogens with zero attached hydrogens (tertiary/aromatic N) is 2. The average molecular weight is 418 g/mol. The highest BCUT2D eigenvalue weighted by molar-refractivity contribution is 5.94. The summed E-state index contributed by atoms with van der Waals surface area (Å²) in [7, 11) is 0. The van der Waals surface area contributed by atoms with Gasteiger partial charge in [-0.3, -0.25) is 14.4 Å². The van der Waals surface area contributed by atoms with E-state index in [1.54, 1.807) is 17.0 Å². The Kier molecular flexibility index (Phi) is 9.30. The Morgan fingerprint density at radius 1 is 1.03 bits per heavy atom. The fraction of sp³-hybridized carbons (Fsp3) is 0.609. The first kappa shape index (κ1) is 23.9. The molecule has 1 heterocycles. The van der Waals surface area contributed by atoms with E-state index in [1.165, 1.54) is 0 Å². The smallest absolute Gasteiger partial charge is 0.254 e. The number of amides is 3. The van der Waals surface area contributed by atoms with E-state index in [0.29, 0.717) is 57.5 Å². The number of hydrogen-bond donors (Lipinski definition) is 1. The van der Waals surface area contributed by atoms with Gasteiger partial charge in [-0.05, 0) is 51.8 Å². The third-order valence-corrected chi connectivity index (χ3v) is 5.31. The van der Waals surface area contributed by atoms with Crippen LogP contribution in [0.5, 0.6) is 0 Å². The summed E-state index contributed by atoms with van der Waals surface area (Å²) < 4.78 is 5.68. The number of rotatable bonds is 9. The minimum atomic E-state index is -0.0706. The zero-order valence-electron chi connectivity index (χ0n) is 18.6. The number of hydrogen-bond acceptors (Lipinski definition) is 4. The van der Waals surface area contributed by atoms with Crippen LogP contribution >= 0.6 is 0 Å². The van der Waals surface area contributed by atoms with Gasteiger partial charge in [-0.1, -0.05) is 12.1 Å². The van der Waals surface area contributed by atoms with E-state index >= 15 is 0 Å².